The van der Waals surface area contributed by atoms with E-state index in [1.165, 1.54) is 34.4 Å². The van der Waals surface area contributed by atoms with Gasteiger partial charge in [0.1, 0.15) is 13.4 Å². The van der Waals surface area contributed by atoms with Crippen molar-refractivity contribution in [2.75, 3.05) is 0 Å². The Morgan fingerprint density at radius 3 is 2.65 bits per heavy atom. The average molecular weight is 416 g/mol. The van der Waals surface area contributed by atoms with Crippen molar-refractivity contribution in [1.82, 2.24) is 15.2 Å². The first kappa shape index (κ1) is 13.4. The van der Waals surface area contributed by atoms with E-state index in [-0.39, 0.29) is 6.42 Å². The minimum Gasteiger partial charge on any atom is -0.369 e. The van der Waals surface area contributed by atoms with Crippen LogP contribution < -0.4 is 5.73 Å². The molecule has 10 heteroatoms. The Labute approximate surface area is 125 Å². The molecular weight excluding hydrogens is 412 g/mol. The first-order valence-electron chi connectivity index (χ1n) is 4.15. The Morgan fingerprint density at radius 1 is 1.29 bits per heavy atom. The van der Waals surface area contributed by atoms with E-state index in [1.54, 1.807) is 0 Å². The number of nitrogens with zero attached hydrogens (tertiary/aromatic N) is 3. The average Bonchev–Trinajstić information content (AvgIpc) is 2.75. The molecule has 0 bridgehead atoms. The number of primary amides is 1. The molecule has 2 rings (SSSR count). The van der Waals surface area contributed by atoms with Gasteiger partial charge in [0.25, 0.3) is 0 Å². The van der Waals surface area contributed by atoms with Crippen LogP contribution in [0.5, 0.6) is 0 Å². The zero-order valence-corrected chi connectivity index (χ0v) is 13.6. The molecule has 2 aromatic rings. The molecule has 90 valence electrons. The van der Waals surface area contributed by atoms with E-state index in [9.17, 15) is 4.79 Å². The minimum absolute atomic E-state index is 0.128. The van der Waals surface area contributed by atoms with Crippen molar-refractivity contribution >= 4 is 72.2 Å². The number of carbonyl (C=O) groups excluding carboxylic acids is 1. The van der Waals surface area contributed by atoms with Crippen LogP contribution in [0.15, 0.2) is 17.1 Å². The lowest BCUT2D eigenvalue weighted by molar-refractivity contribution is -0.117. The van der Waals surface area contributed by atoms with Crippen LogP contribution in [-0.2, 0) is 11.2 Å². The molecule has 0 radical (unpaired) electrons. The van der Waals surface area contributed by atoms with E-state index in [0.717, 1.165) is 17.1 Å². The molecule has 17 heavy (non-hydrogen) atoms. The monoisotopic (exact) mass is 414 g/mol. The van der Waals surface area contributed by atoms with E-state index in [2.05, 4.69) is 47.0 Å². The highest BCUT2D eigenvalue weighted by molar-refractivity contribution is 9.13. The van der Waals surface area contributed by atoms with Gasteiger partial charge in [-0.3, -0.25) is 4.79 Å². The van der Waals surface area contributed by atoms with Crippen molar-refractivity contribution in [3.8, 4) is 0 Å². The maximum atomic E-state index is 10.7. The van der Waals surface area contributed by atoms with E-state index in [1.807, 2.05) is 0 Å². The number of rotatable bonds is 4. The molecule has 2 heterocycles. The van der Waals surface area contributed by atoms with Crippen LogP contribution in [0.4, 0.5) is 0 Å². The lowest BCUT2D eigenvalue weighted by atomic mass is 10.4. The van der Waals surface area contributed by atoms with Gasteiger partial charge in [0, 0.05) is 0 Å². The maximum absolute atomic E-state index is 10.7. The predicted molar refractivity (Wildman–Crippen MR) is 74.4 cm³/mol. The molecule has 1 amide bonds. The molecule has 0 spiro atoms. The van der Waals surface area contributed by atoms with E-state index in [4.69, 9.17) is 5.73 Å². The summed E-state index contributed by atoms with van der Waals surface area (Å²) in [6.45, 7) is 0. The van der Waals surface area contributed by atoms with Gasteiger partial charge < -0.3 is 5.73 Å². The van der Waals surface area contributed by atoms with Gasteiger partial charge in [-0.05, 0) is 43.6 Å². The molecule has 2 aromatic heterocycles. The van der Waals surface area contributed by atoms with Crippen LogP contribution in [0.1, 0.15) is 5.01 Å². The zero-order valence-electron chi connectivity index (χ0n) is 8.02. The number of nitrogens with two attached hydrogens (primary N) is 1. The standard InChI is InChI=1S/C7H4Br2N4OS3/c8-4-5(9)16-6(11-4)17-7-13-12-3(15-7)1-2(10)14/h1H2,(H2,10,14). The Balaban J connectivity index is 2.08. The highest BCUT2D eigenvalue weighted by Gasteiger charge is 2.12. The van der Waals surface area contributed by atoms with Crippen molar-refractivity contribution in [2.24, 2.45) is 5.73 Å². The summed E-state index contributed by atoms with van der Waals surface area (Å²) in [6.07, 6.45) is 0.128. The molecule has 0 aliphatic rings. The summed E-state index contributed by atoms with van der Waals surface area (Å²) in [5, 5.41) is 8.47. The van der Waals surface area contributed by atoms with Crippen molar-refractivity contribution < 1.29 is 4.79 Å². The summed E-state index contributed by atoms with van der Waals surface area (Å²) in [4.78, 5) is 15.0. The fourth-order valence-corrected chi connectivity index (χ4v) is 5.28. The van der Waals surface area contributed by atoms with Crippen molar-refractivity contribution in [1.29, 1.82) is 0 Å². The molecule has 0 fully saturated rings. The number of carbonyl (C=O) groups is 1. The number of hydrogen-bond donors (Lipinski definition) is 1. The third-order valence-corrected chi connectivity index (χ3v) is 6.58. The number of hydrogen-bond acceptors (Lipinski definition) is 7. The van der Waals surface area contributed by atoms with Gasteiger partial charge in [-0.15, -0.1) is 10.2 Å². The van der Waals surface area contributed by atoms with E-state index < -0.39 is 5.91 Å². The van der Waals surface area contributed by atoms with Gasteiger partial charge in [0.05, 0.1) is 6.42 Å². The minimum atomic E-state index is -0.405. The topological polar surface area (TPSA) is 81.8 Å². The largest absolute Gasteiger partial charge is 0.369 e. The van der Waals surface area contributed by atoms with Crippen LogP contribution in [0.2, 0.25) is 0 Å². The van der Waals surface area contributed by atoms with Crippen molar-refractivity contribution in [3.63, 3.8) is 0 Å². The molecule has 0 saturated heterocycles. The third kappa shape index (κ3) is 3.71. The normalized spacial score (nSPS) is 10.7. The molecule has 5 nitrogen and oxygen atoms in total. The molecular formula is C7H4Br2N4OS3. The van der Waals surface area contributed by atoms with Gasteiger partial charge in [0.2, 0.25) is 5.91 Å². The maximum Gasteiger partial charge on any atom is 0.224 e. The second-order valence-corrected chi connectivity index (χ2v) is 8.38. The second-order valence-electron chi connectivity index (χ2n) is 2.75. The van der Waals surface area contributed by atoms with Crippen molar-refractivity contribution in [3.05, 3.63) is 13.4 Å². The Morgan fingerprint density at radius 2 is 2.06 bits per heavy atom. The number of thiazole rings is 1. The first-order valence-corrected chi connectivity index (χ1v) is 8.18. The summed E-state index contributed by atoms with van der Waals surface area (Å²) >= 11 is 10.9. The summed E-state index contributed by atoms with van der Waals surface area (Å²) in [5.41, 5.74) is 5.08. The molecule has 0 aliphatic heterocycles. The summed E-state index contributed by atoms with van der Waals surface area (Å²) in [6, 6.07) is 0. The van der Waals surface area contributed by atoms with Crippen LogP contribution in [-0.4, -0.2) is 21.1 Å². The summed E-state index contributed by atoms with van der Waals surface area (Å²) in [5.74, 6) is -0.405. The van der Waals surface area contributed by atoms with E-state index >= 15 is 0 Å². The van der Waals surface area contributed by atoms with Crippen molar-refractivity contribution in [2.45, 2.75) is 15.1 Å². The number of halogens is 2. The fraction of sp³-hybridized carbons (Fsp3) is 0.143. The predicted octanol–water partition coefficient (Wildman–Crippen LogP) is 2.70. The number of amides is 1. The Bertz CT molecular complexity index is 536. The van der Waals surface area contributed by atoms with Crippen LogP contribution >= 0.6 is 66.3 Å². The van der Waals surface area contributed by atoms with Crippen LogP contribution in [0, 0.1) is 0 Å². The van der Waals surface area contributed by atoms with Crippen LogP contribution in [0.25, 0.3) is 0 Å². The molecule has 0 saturated carbocycles. The van der Waals surface area contributed by atoms with Gasteiger partial charge in [-0.2, -0.15) is 0 Å². The molecule has 2 N–H and O–H groups in total. The quantitative estimate of drug-likeness (QED) is 0.829. The fourth-order valence-electron chi connectivity index (χ4n) is 0.884. The lowest BCUT2D eigenvalue weighted by Gasteiger charge is -1.87. The highest BCUT2D eigenvalue weighted by Crippen LogP contribution is 2.38. The first-order chi connectivity index (χ1) is 8.04. The zero-order chi connectivity index (χ0) is 12.4. The molecule has 0 aliphatic carbocycles. The van der Waals surface area contributed by atoms with Gasteiger partial charge in [-0.1, -0.05) is 22.7 Å². The third-order valence-electron chi connectivity index (χ3n) is 1.48. The highest BCUT2D eigenvalue weighted by atomic mass is 79.9. The van der Waals surface area contributed by atoms with Gasteiger partial charge in [-0.25, -0.2) is 4.98 Å². The summed E-state index contributed by atoms with van der Waals surface area (Å²) in [7, 11) is 0. The molecule has 0 atom stereocenters. The Kier molecular flexibility index (Phi) is 4.53. The summed E-state index contributed by atoms with van der Waals surface area (Å²) < 4.78 is 3.30. The molecule has 0 aromatic carbocycles. The van der Waals surface area contributed by atoms with Gasteiger partial charge >= 0.3 is 0 Å². The second kappa shape index (κ2) is 5.74. The Hall–Kier alpha value is -0.0300. The van der Waals surface area contributed by atoms with E-state index in [0.29, 0.717) is 5.01 Å². The lowest BCUT2D eigenvalue weighted by Crippen LogP contribution is -2.13. The number of aromatic nitrogens is 3. The van der Waals surface area contributed by atoms with Gasteiger partial charge in [0.15, 0.2) is 8.68 Å². The molecule has 0 unspecified atom stereocenters. The SMILES string of the molecule is NC(=O)Cc1nnc(Sc2nc(Br)c(Br)s2)s1. The van der Waals surface area contributed by atoms with Crippen LogP contribution in [0.3, 0.4) is 0 Å². The smallest absolute Gasteiger partial charge is 0.224 e.